The molecule has 3 aromatic rings. The highest BCUT2D eigenvalue weighted by Gasteiger charge is 2.31. The van der Waals surface area contributed by atoms with E-state index in [-0.39, 0.29) is 0 Å². The molecule has 0 aromatic heterocycles. The van der Waals surface area contributed by atoms with Crippen LogP contribution < -0.4 is 4.74 Å². The maximum Gasteiger partial charge on any atom is 0.337 e. The molecule has 3 aromatic carbocycles. The van der Waals surface area contributed by atoms with E-state index in [2.05, 4.69) is 0 Å². The average Bonchev–Trinajstić information content (AvgIpc) is 2.67. The van der Waals surface area contributed by atoms with Crippen LogP contribution in [0.1, 0.15) is 17.2 Å². The van der Waals surface area contributed by atoms with Crippen LogP contribution in [-0.4, -0.2) is 13.1 Å². The van der Waals surface area contributed by atoms with Gasteiger partial charge in [0.25, 0.3) is 0 Å². The number of carbonyl (C=O) groups excluding carboxylic acids is 1. The molecular weight excluding hydrogens is 336 g/mol. The van der Waals surface area contributed by atoms with Crippen LogP contribution in [0.15, 0.2) is 66.2 Å². The number of ether oxygens (including phenoxy) is 2. The lowest BCUT2D eigenvalue weighted by Crippen LogP contribution is -2.21. The summed E-state index contributed by atoms with van der Waals surface area (Å²) in [5.41, 5.74) is 2.21. The first-order valence-electron chi connectivity index (χ1n) is 7.92. The van der Waals surface area contributed by atoms with Gasteiger partial charge in [0.1, 0.15) is 5.75 Å². The van der Waals surface area contributed by atoms with Crippen LogP contribution >= 0.6 is 11.6 Å². The Hall–Kier alpha value is -2.78. The Morgan fingerprint density at radius 2 is 1.72 bits per heavy atom. The third-order valence-corrected chi connectivity index (χ3v) is 4.70. The fraction of sp³-hybridized carbons (Fsp3) is 0.0952. The van der Waals surface area contributed by atoms with Crippen molar-refractivity contribution >= 4 is 34.4 Å². The first-order chi connectivity index (χ1) is 12.2. The smallest absolute Gasteiger partial charge is 0.337 e. The van der Waals surface area contributed by atoms with Crippen molar-refractivity contribution in [2.75, 3.05) is 7.11 Å². The Morgan fingerprint density at radius 3 is 2.52 bits per heavy atom. The second-order valence-corrected chi connectivity index (χ2v) is 6.22. The van der Waals surface area contributed by atoms with Crippen molar-refractivity contribution in [2.45, 2.75) is 6.10 Å². The summed E-state index contributed by atoms with van der Waals surface area (Å²) in [6.45, 7) is 0. The Balaban J connectivity index is 1.93. The second-order valence-electron chi connectivity index (χ2n) is 5.81. The molecule has 1 heterocycles. The van der Waals surface area contributed by atoms with E-state index < -0.39 is 12.1 Å². The zero-order valence-electron chi connectivity index (χ0n) is 13.5. The van der Waals surface area contributed by atoms with Gasteiger partial charge in [0.2, 0.25) is 0 Å². The molecule has 3 nitrogen and oxygen atoms in total. The van der Waals surface area contributed by atoms with Gasteiger partial charge in [-0.15, -0.1) is 0 Å². The van der Waals surface area contributed by atoms with Crippen LogP contribution in [0.25, 0.3) is 16.8 Å². The number of hydrogen-bond acceptors (Lipinski definition) is 3. The summed E-state index contributed by atoms with van der Waals surface area (Å²) in [5.74, 6) is 0.331. The summed E-state index contributed by atoms with van der Waals surface area (Å²) in [7, 11) is 1.38. The van der Waals surface area contributed by atoms with Gasteiger partial charge in [0.15, 0.2) is 6.10 Å². The standard InChI is InChI=1S/C21H15ClO3/c1-24-21(23)17-12-13-6-2-5-9-19(13)25-20(17)16-10-11-18(22)15-8-4-3-7-14(15)16/h2-12,20H,1H3. The van der Waals surface area contributed by atoms with Crippen LogP contribution in [0, 0.1) is 0 Å². The molecule has 0 aliphatic carbocycles. The zero-order chi connectivity index (χ0) is 17.4. The van der Waals surface area contributed by atoms with Gasteiger partial charge in [-0.05, 0) is 23.6 Å². The number of methoxy groups -OCH3 is 1. The van der Waals surface area contributed by atoms with Crippen LogP contribution in [0.4, 0.5) is 0 Å². The summed E-state index contributed by atoms with van der Waals surface area (Å²) < 4.78 is 11.2. The molecule has 0 spiro atoms. The van der Waals surface area contributed by atoms with Crippen LogP contribution in [0.2, 0.25) is 5.02 Å². The Bertz CT molecular complexity index is 1010. The molecule has 0 N–H and O–H groups in total. The van der Waals surface area contributed by atoms with Gasteiger partial charge in [0, 0.05) is 21.5 Å². The summed E-state index contributed by atoms with van der Waals surface area (Å²) in [6, 6.07) is 19.2. The number of halogens is 1. The predicted octanol–water partition coefficient (Wildman–Crippen LogP) is 5.18. The average molecular weight is 351 g/mol. The van der Waals surface area contributed by atoms with Gasteiger partial charge in [0.05, 0.1) is 12.7 Å². The fourth-order valence-electron chi connectivity index (χ4n) is 3.17. The molecule has 1 aliphatic rings. The quantitative estimate of drug-likeness (QED) is 0.597. The van der Waals surface area contributed by atoms with E-state index in [0.29, 0.717) is 10.6 Å². The number of rotatable bonds is 2. The van der Waals surface area contributed by atoms with E-state index in [0.717, 1.165) is 27.6 Å². The van der Waals surface area contributed by atoms with E-state index >= 15 is 0 Å². The third kappa shape index (κ3) is 2.67. The van der Waals surface area contributed by atoms with Gasteiger partial charge < -0.3 is 9.47 Å². The van der Waals surface area contributed by atoms with Crippen molar-refractivity contribution in [3.8, 4) is 5.75 Å². The third-order valence-electron chi connectivity index (χ3n) is 4.37. The van der Waals surface area contributed by atoms with Gasteiger partial charge in [-0.2, -0.15) is 0 Å². The molecule has 0 fully saturated rings. The van der Waals surface area contributed by atoms with Crippen molar-refractivity contribution in [1.29, 1.82) is 0 Å². The normalized spacial score (nSPS) is 15.9. The molecule has 0 amide bonds. The molecule has 0 saturated carbocycles. The lowest BCUT2D eigenvalue weighted by Gasteiger charge is -2.27. The van der Waals surface area contributed by atoms with Crippen LogP contribution in [-0.2, 0) is 9.53 Å². The lowest BCUT2D eigenvalue weighted by atomic mass is 9.92. The van der Waals surface area contributed by atoms with E-state index in [1.807, 2.05) is 66.7 Å². The summed E-state index contributed by atoms with van der Waals surface area (Å²) in [6.07, 6.45) is 1.28. The number of hydrogen-bond donors (Lipinski definition) is 0. The SMILES string of the molecule is COC(=O)C1=Cc2ccccc2OC1c1ccc(Cl)c2ccccc12. The minimum absolute atomic E-state index is 0.404. The van der Waals surface area contributed by atoms with Gasteiger partial charge in [-0.25, -0.2) is 4.79 Å². The zero-order valence-corrected chi connectivity index (χ0v) is 14.3. The van der Waals surface area contributed by atoms with Crippen LogP contribution in [0.3, 0.4) is 0 Å². The highest BCUT2D eigenvalue weighted by molar-refractivity contribution is 6.35. The minimum Gasteiger partial charge on any atom is -0.480 e. The van der Waals surface area contributed by atoms with E-state index in [1.165, 1.54) is 7.11 Å². The number of fused-ring (bicyclic) bond motifs is 2. The first-order valence-corrected chi connectivity index (χ1v) is 8.29. The number of benzene rings is 3. The van der Waals surface area contributed by atoms with Crippen molar-refractivity contribution in [3.05, 3.63) is 82.4 Å². The van der Waals surface area contributed by atoms with Crippen LogP contribution in [0.5, 0.6) is 5.75 Å². The molecular formula is C21H15ClO3. The van der Waals surface area contributed by atoms with Gasteiger partial charge >= 0.3 is 5.97 Å². The van der Waals surface area contributed by atoms with E-state index in [1.54, 1.807) is 0 Å². The highest BCUT2D eigenvalue weighted by atomic mass is 35.5. The molecule has 1 aliphatic heterocycles. The van der Waals surface area contributed by atoms with Crippen molar-refractivity contribution in [1.82, 2.24) is 0 Å². The molecule has 0 bridgehead atoms. The van der Waals surface area contributed by atoms with Gasteiger partial charge in [-0.3, -0.25) is 0 Å². The molecule has 4 heteroatoms. The summed E-state index contributed by atoms with van der Waals surface area (Å²) >= 11 is 6.33. The van der Waals surface area contributed by atoms with E-state index in [4.69, 9.17) is 21.1 Å². The Morgan fingerprint density at radius 1 is 1.00 bits per heavy atom. The highest BCUT2D eigenvalue weighted by Crippen LogP contribution is 2.41. The molecule has 124 valence electrons. The maximum atomic E-state index is 12.4. The molecule has 1 atom stereocenters. The first kappa shape index (κ1) is 15.7. The van der Waals surface area contributed by atoms with E-state index in [9.17, 15) is 4.79 Å². The number of esters is 1. The topological polar surface area (TPSA) is 35.5 Å². The maximum absolute atomic E-state index is 12.4. The molecule has 1 unspecified atom stereocenters. The predicted molar refractivity (Wildman–Crippen MR) is 98.8 cm³/mol. The second kappa shape index (κ2) is 6.26. The molecule has 25 heavy (non-hydrogen) atoms. The molecule has 0 radical (unpaired) electrons. The summed E-state index contributed by atoms with van der Waals surface area (Å²) in [4.78, 5) is 12.4. The fourth-order valence-corrected chi connectivity index (χ4v) is 3.40. The number of para-hydroxylation sites is 1. The Kier molecular flexibility index (Phi) is 3.94. The molecule has 0 saturated heterocycles. The number of carbonyl (C=O) groups is 1. The lowest BCUT2D eigenvalue weighted by molar-refractivity contribution is -0.137. The largest absolute Gasteiger partial charge is 0.480 e. The van der Waals surface area contributed by atoms with Gasteiger partial charge in [-0.1, -0.05) is 60.1 Å². The molecule has 4 rings (SSSR count). The van der Waals surface area contributed by atoms with Crippen molar-refractivity contribution in [3.63, 3.8) is 0 Å². The Labute approximate surface area is 150 Å². The minimum atomic E-state index is -0.551. The van der Waals surface area contributed by atoms with Crippen molar-refractivity contribution in [2.24, 2.45) is 0 Å². The van der Waals surface area contributed by atoms with Crippen molar-refractivity contribution < 1.29 is 14.3 Å². The summed E-state index contributed by atoms with van der Waals surface area (Å²) in [5, 5.41) is 2.54. The monoisotopic (exact) mass is 350 g/mol.